The number of carbonyl (C=O) groups is 3. The number of carbonyl (C=O) groups excluding carboxylic acids is 2. The van der Waals surface area contributed by atoms with Crippen LogP contribution < -0.4 is 0 Å². The number of alkyl halides is 3. The van der Waals surface area contributed by atoms with Gasteiger partial charge >= 0.3 is 18.2 Å². The number of benzene rings is 1. The zero-order valence-corrected chi connectivity index (χ0v) is 19.4. The molecule has 1 aromatic carbocycles. The number of fused-ring (bicyclic) bond motifs is 1. The van der Waals surface area contributed by atoms with Gasteiger partial charge in [-0.2, -0.15) is 13.2 Å². The average Bonchev–Trinajstić information content (AvgIpc) is 3.24. The van der Waals surface area contributed by atoms with Crippen molar-refractivity contribution in [1.82, 2.24) is 19.7 Å². The first-order valence-corrected chi connectivity index (χ1v) is 11.0. The fraction of sp³-hybridized carbons (Fsp3) is 0.417. The Bertz CT molecular complexity index is 1050. The largest absolute Gasteiger partial charge is 0.490 e. The summed E-state index contributed by atoms with van der Waals surface area (Å²) in [5.41, 5.74) is 1.84. The van der Waals surface area contributed by atoms with E-state index in [0.29, 0.717) is 31.7 Å². The molecule has 2 aliphatic heterocycles. The second-order valence-corrected chi connectivity index (χ2v) is 8.82. The van der Waals surface area contributed by atoms with Crippen molar-refractivity contribution in [2.24, 2.45) is 5.92 Å². The molecular weight excluding hydrogens is 465 g/mol. The predicted octanol–water partition coefficient (Wildman–Crippen LogP) is 3.11. The first kappa shape index (κ1) is 26.0. The number of carboxylic acids is 1. The van der Waals surface area contributed by atoms with Crippen LogP contribution in [0.15, 0.2) is 54.9 Å². The Hall–Kier alpha value is -3.63. The fourth-order valence-corrected chi connectivity index (χ4v) is 4.71. The van der Waals surface area contributed by atoms with Gasteiger partial charge in [-0.3, -0.25) is 9.78 Å². The lowest BCUT2D eigenvalue weighted by atomic mass is 9.68. The molecule has 11 heteroatoms. The van der Waals surface area contributed by atoms with Gasteiger partial charge in [0.1, 0.15) is 0 Å². The van der Waals surface area contributed by atoms with E-state index >= 15 is 0 Å². The van der Waals surface area contributed by atoms with Crippen LogP contribution in [0, 0.1) is 5.92 Å². The number of amides is 3. The van der Waals surface area contributed by atoms with Crippen molar-refractivity contribution in [2.75, 3.05) is 40.3 Å². The van der Waals surface area contributed by atoms with Gasteiger partial charge in [-0.25, -0.2) is 9.59 Å². The molecule has 0 bridgehead atoms. The van der Waals surface area contributed by atoms with Gasteiger partial charge in [0.15, 0.2) is 0 Å². The highest BCUT2D eigenvalue weighted by molar-refractivity contribution is 5.94. The summed E-state index contributed by atoms with van der Waals surface area (Å²) >= 11 is 0. The van der Waals surface area contributed by atoms with E-state index in [-0.39, 0.29) is 23.3 Å². The van der Waals surface area contributed by atoms with Crippen molar-refractivity contribution in [3.05, 3.63) is 66.0 Å². The zero-order chi connectivity index (χ0) is 25.8. The van der Waals surface area contributed by atoms with Crippen LogP contribution >= 0.6 is 0 Å². The van der Waals surface area contributed by atoms with Crippen LogP contribution in [0.2, 0.25) is 0 Å². The molecule has 8 nitrogen and oxygen atoms in total. The van der Waals surface area contributed by atoms with Gasteiger partial charge in [0, 0.05) is 69.6 Å². The molecule has 2 fully saturated rings. The average molecular weight is 492 g/mol. The minimum Gasteiger partial charge on any atom is -0.475 e. The van der Waals surface area contributed by atoms with Gasteiger partial charge in [-0.1, -0.05) is 30.3 Å². The third-order valence-electron chi connectivity index (χ3n) is 6.42. The standard InChI is InChI=1S/C22H26N4O2.C2HF3O2/c1-24(2)21(28)26-15-19-14-25(20(27)17-8-11-23-12-9-17)13-10-22(19,16-26)18-6-4-3-5-7-18;3-2(4,5)1(6)7/h3-9,11-12,19H,10,13-16H2,1-2H3;(H,6,7)/t19-,22+;/m0./s1. The molecule has 35 heavy (non-hydrogen) atoms. The van der Waals surface area contributed by atoms with Crippen LogP contribution in [0.25, 0.3) is 0 Å². The van der Waals surface area contributed by atoms with Gasteiger partial charge in [0.25, 0.3) is 5.91 Å². The molecule has 1 aromatic heterocycles. The van der Waals surface area contributed by atoms with E-state index < -0.39 is 12.1 Å². The quantitative estimate of drug-likeness (QED) is 0.696. The predicted molar refractivity (Wildman–Crippen MR) is 121 cm³/mol. The molecule has 3 heterocycles. The molecule has 0 aliphatic carbocycles. The molecule has 2 aromatic rings. The second-order valence-electron chi connectivity index (χ2n) is 8.82. The third kappa shape index (κ3) is 5.72. The van der Waals surface area contributed by atoms with Gasteiger partial charge in [0.2, 0.25) is 0 Å². The Kier molecular flexibility index (Phi) is 7.67. The number of rotatable bonds is 2. The summed E-state index contributed by atoms with van der Waals surface area (Å²) in [6.45, 7) is 2.73. The number of halogens is 3. The third-order valence-corrected chi connectivity index (χ3v) is 6.42. The van der Waals surface area contributed by atoms with E-state index in [1.807, 2.05) is 15.9 Å². The number of aliphatic carboxylic acids is 1. The highest BCUT2D eigenvalue weighted by Gasteiger charge is 2.52. The number of piperidine rings is 1. The molecule has 2 atom stereocenters. The van der Waals surface area contributed by atoms with E-state index in [9.17, 15) is 22.8 Å². The Morgan fingerprint density at radius 1 is 1.03 bits per heavy atom. The highest BCUT2D eigenvalue weighted by Crippen LogP contribution is 2.45. The Morgan fingerprint density at radius 3 is 2.14 bits per heavy atom. The molecule has 0 spiro atoms. The molecule has 2 saturated heterocycles. The minimum atomic E-state index is -5.08. The first-order valence-electron chi connectivity index (χ1n) is 11.0. The fourth-order valence-electron chi connectivity index (χ4n) is 4.71. The molecule has 2 aliphatic rings. The maximum atomic E-state index is 13.0. The molecule has 4 rings (SSSR count). The maximum Gasteiger partial charge on any atom is 0.490 e. The van der Waals surface area contributed by atoms with Crippen molar-refractivity contribution in [3.8, 4) is 0 Å². The van der Waals surface area contributed by atoms with Crippen molar-refractivity contribution < 1.29 is 32.7 Å². The van der Waals surface area contributed by atoms with Crippen LogP contribution in [0.4, 0.5) is 18.0 Å². The van der Waals surface area contributed by atoms with E-state index in [1.165, 1.54) is 5.56 Å². The Labute approximate surface area is 201 Å². The lowest BCUT2D eigenvalue weighted by Crippen LogP contribution is -2.51. The van der Waals surface area contributed by atoms with E-state index in [4.69, 9.17) is 9.90 Å². The zero-order valence-electron chi connectivity index (χ0n) is 19.4. The van der Waals surface area contributed by atoms with Gasteiger partial charge in [0.05, 0.1) is 0 Å². The summed E-state index contributed by atoms with van der Waals surface area (Å²) in [5.74, 6) is -2.49. The number of hydrogen-bond acceptors (Lipinski definition) is 4. The van der Waals surface area contributed by atoms with E-state index in [2.05, 4.69) is 29.2 Å². The van der Waals surface area contributed by atoms with Crippen LogP contribution in [0.3, 0.4) is 0 Å². The summed E-state index contributed by atoms with van der Waals surface area (Å²) in [6, 6.07) is 14.0. The van der Waals surface area contributed by atoms with Gasteiger partial charge in [-0.15, -0.1) is 0 Å². The summed E-state index contributed by atoms with van der Waals surface area (Å²) in [5, 5.41) is 7.12. The van der Waals surface area contributed by atoms with Crippen molar-refractivity contribution in [1.29, 1.82) is 0 Å². The number of urea groups is 1. The van der Waals surface area contributed by atoms with Crippen LogP contribution in [-0.2, 0) is 10.2 Å². The van der Waals surface area contributed by atoms with Crippen LogP contribution in [0.1, 0.15) is 22.3 Å². The Morgan fingerprint density at radius 2 is 1.60 bits per heavy atom. The Balaban J connectivity index is 0.000000429. The summed E-state index contributed by atoms with van der Waals surface area (Å²) in [7, 11) is 3.58. The molecule has 3 amide bonds. The number of hydrogen-bond donors (Lipinski definition) is 1. The molecular formula is C24H27F3N4O4. The van der Waals surface area contributed by atoms with Crippen LogP contribution in [0.5, 0.6) is 0 Å². The molecule has 0 unspecified atom stereocenters. The van der Waals surface area contributed by atoms with Crippen molar-refractivity contribution in [3.63, 3.8) is 0 Å². The van der Waals surface area contributed by atoms with Gasteiger partial charge in [-0.05, 0) is 24.1 Å². The number of pyridine rings is 1. The lowest BCUT2D eigenvalue weighted by molar-refractivity contribution is -0.192. The molecule has 188 valence electrons. The monoisotopic (exact) mass is 492 g/mol. The van der Waals surface area contributed by atoms with E-state index in [0.717, 1.165) is 6.42 Å². The number of carboxylic acid groups (broad SMARTS) is 1. The second kappa shape index (κ2) is 10.3. The first-order chi connectivity index (χ1) is 16.5. The SMILES string of the molecule is CN(C)C(=O)N1C[C@@H]2CN(C(=O)c3ccncc3)CC[C@]2(c2ccccc2)C1.O=C(O)C(F)(F)F. The minimum absolute atomic E-state index is 0.0386. The number of likely N-dealkylation sites (tertiary alicyclic amines) is 2. The van der Waals surface area contributed by atoms with Gasteiger partial charge < -0.3 is 19.8 Å². The molecule has 1 N–H and O–H groups in total. The maximum absolute atomic E-state index is 13.0. The van der Waals surface area contributed by atoms with E-state index in [1.54, 1.807) is 43.5 Å². The highest BCUT2D eigenvalue weighted by atomic mass is 19.4. The number of nitrogens with zero attached hydrogens (tertiary/aromatic N) is 4. The summed E-state index contributed by atoms with van der Waals surface area (Å²) in [4.78, 5) is 44.0. The van der Waals surface area contributed by atoms with Crippen LogP contribution in [-0.4, -0.2) is 89.1 Å². The topological polar surface area (TPSA) is 94.1 Å². The summed E-state index contributed by atoms with van der Waals surface area (Å²) < 4.78 is 31.7. The smallest absolute Gasteiger partial charge is 0.475 e. The lowest BCUT2D eigenvalue weighted by Gasteiger charge is -2.43. The summed E-state index contributed by atoms with van der Waals surface area (Å²) in [6.07, 6.45) is -0.924. The molecule has 0 radical (unpaired) electrons. The number of aromatic nitrogens is 1. The normalized spacial score (nSPS) is 21.5. The molecule has 0 saturated carbocycles. The van der Waals surface area contributed by atoms with Crippen molar-refractivity contribution in [2.45, 2.75) is 18.0 Å². The van der Waals surface area contributed by atoms with Crippen molar-refractivity contribution >= 4 is 17.9 Å².